The molecule has 1 aromatic carbocycles. The summed E-state index contributed by atoms with van der Waals surface area (Å²) in [5.74, 6) is -0.384. The van der Waals surface area contributed by atoms with Crippen LogP contribution >= 0.6 is 0 Å². The van der Waals surface area contributed by atoms with Crippen molar-refractivity contribution in [3.05, 3.63) is 51.2 Å². The molecule has 0 aliphatic carbocycles. The smallest absolute Gasteiger partial charge is 0.457 e. The molecule has 0 radical (unpaired) electrons. The quantitative estimate of drug-likeness (QED) is 0.327. The number of aliphatic hydroxyl groups excluding tert-OH is 1. The standard InChI is InChI=1S/C21H24N4O8/c1-4-13-5-6-16(25(30)31)14(7-13)12(3)32-21(29)22-15-8-18(33-17(15)10-26)24-9-11(2)19(27)23-20(24)28/h5-7,9,12,15,17,26H,4,8,10H2,1-3H3,(H-,22,23,27,28,29)/p+1/b24-18+/t12?,15-,17-/m1/s1. The van der Waals surface area contributed by atoms with E-state index in [0.29, 0.717) is 6.42 Å². The van der Waals surface area contributed by atoms with Crippen LogP contribution in [-0.2, 0) is 20.7 Å². The van der Waals surface area contributed by atoms with E-state index in [0.717, 1.165) is 10.1 Å². The molecule has 0 spiro atoms. The highest BCUT2D eigenvalue weighted by Gasteiger charge is 2.41. The molecule has 33 heavy (non-hydrogen) atoms. The second-order valence-corrected chi connectivity index (χ2v) is 7.68. The zero-order valence-electron chi connectivity index (χ0n) is 18.4. The molecule has 12 nitrogen and oxygen atoms in total. The van der Waals surface area contributed by atoms with Crippen molar-refractivity contribution in [2.24, 2.45) is 0 Å². The molecule has 3 rings (SSSR count). The highest BCUT2D eigenvalue weighted by Crippen LogP contribution is 2.29. The second kappa shape index (κ2) is 9.77. The lowest BCUT2D eigenvalue weighted by atomic mass is 10.0. The fourth-order valence-corrected chi connectivity index (χ4v) is 3.57. The minimum absolute atomic E-state index is 0.0472. The average Bonchev–Trinajstić information content (AvgIpc) is 3.17. The van der Waals surface area contributed by atoms with Crippen LogP contribution in [0.3, 0.4) is 0 Å². The number of carbonyl (C=O) groups excluding carboxylic acids is 3. The molecule has 176 valence electrons. The molecular weight excluding hydrogens is 436 g/mol. The van der Waals surface area contributed by atoms with Gasteiger partial charge in [0.15, 0.2) is 0 Å². The number of ether oxygens (including phenoxy) is 2. The van der Waals surface area contributed by atoms with Gasteiger partial charge in [-0.3, -0.25) is 10.1 Å². The molecule has 0 aromatic heterocycles. The zero-order valence-corrected chi connectivity index (χ0v) is 18.4. The van der Waals surface area contributed by atoms with Crippen molar-refractivity contribution < 1.29 is 38.5 Å². The van der Waals surface area contributed by atoms with Crippen LogP contribution in [0, 0.1) is 10.1 Å². The summed E-state index contributed by atoms with van der Waals surface area (Å²) in [6.45, 7) is 4.50. The van der Waals surface area contributed by atoms with Crippen molar-refractivity contribution >= 4 is 29.6 Å². The zero-order chi connectivity index (χ0) is 24.3. The lowest BCUT2D eigenvalue weighted by Gasteiger charge is -2.19. The van der Waals surface area contributed by atoms with Crippen LogP contribution in [0.25, 0.3) is 0 Å². The normalized spacial score (nSPS) is 23.3. The lowest BCUT2D eigenvalue weighted by Crippen LogP contribution is -2.43. The summed E-state index contributed by atoms with van der Waals surface area (Å²) in [6.07, 6.45) is -0.625. The molecule has 0 saturated carbocycles. The topological polar surface area (TPSA) is 160 Å². The van der Waals surface area contributed by atoms with Crippen LogP contribution < -0.4 is 10.6 Å². The Hall–Kier alpha value is -3.80. The van der Waals surface area contributed by atoms with Gasteiger partial charge < -0.3 is 19.9 Å². The summed E-state index contributed by atoms with van der Waals surface area (Å²) in [6, 6.07) is 3.21. The number of imide groups is 1. The maximum atomic E-state index is 12.5. The molecule has 12 heteroatoms. The second-order valence-electron chi connectivity index (χ2n) is 7.68. The van der Waals surface area contributed by atoms with Gasteiger partial charge in [0.2, 0.25) is 0 Å². The number of nitrogens with zero attached hydrogens (tertiary/aromatic N) is 2. The molecule has 1 fully saturated rings. The van der Waals surface area contributed by atoms with Crippen molar-refractivity contribution in [2.45, 2.75) is 51.9 Å². The van der Waals surface area contributed by atoms with Crippen molar-refractivity contribution in [2.75, 3.05) is 6.61 Å². The first kappa shape index (κ1) is 23.9. The van der Waals surface area contributed by atoms with E-state index in [1.165, 1.54) is 26.1 Å². The maximum absolute atomic E-state index is 12.5. The van der Waals surface area contributed by atoms with E-state index in [9.17, 15) is 29.6 Å². The SMILES string of the molecule is CCc1ccc([N+](=O)[O-])c(C(C)OC(=O)N[C@@H]2C/C(=[N+]3/C=C(C)C(=O)NC3=O)O[C@@H]2CO)c1. The number of hydrogen-bond acceptors (Lipinski definition) is 8. The fraction of sp³-hybridized carbons (Fsp3) is 0.429. The number of urea groups is 1. The van der Waals surface area contributed by atoms with Gasteiger partial charge in [-0.05, 0) is 31.9 Å². The fourth-order valence-electron chi connectivity index (χ4n) is 3.57. The Labute approximate surface area is 189 Å². The van der Waals surface area contributed by atoms with Crippen molar-refractivity contribution in [1.82, 2.24) is 10.6 Å². The van der Waals surface area contributed by atoms with Crippen LogP contribution in [0.4, 0.5) is 15.3 Å². The molecule has 2 aliphatic rings. The number of nitro groups is 1. The molecule has 2 heterocycles. The molecular formula is C21H25N4O8+. The van der Waals surface area contributed by atoms with Gasteiger partial charge in [-0.25, -0.2) is 9.59 Å². The summed E-state index contributed by atoms with van der Waals surface area (Å²) in [4.78, 5) is 47.1. The first-order valence-corrected chi connectivity index (χ1v) is 10.3. The highest BCUT2D eigenvalue weighted by molar-refractivity contribution is 6.04. The number of benzene rings is 1. The number of rotatable bonds is 6. The van der Waals surface area contributed by atoms with Gasteiger partial charge in [-0.2, -0.15) is 10.1 Å². The largest absolute Gasteiger partial charge is 0.506 e. The number of nitrogens with one attached hydrogen (secondary N) is 2. The summed E-state index contributed by atoms with van der Waals surface area (Å²) in [7, 11) is 0. The third kappa shape index (κ3) is 5.17. The van der Waals surface area contributed by atoms with Gasteiger partial charge in [0.25, 0.3) is 11.6 Å². The van der Waals surface area contributed by atoms with Gasteiger partial charge >= 0.3 is 18.0 Å². The molecule has 3 atom stereocenters. The van der Waals surface area contributed by atoms with E-state index < -0.39 is 47.8 Å². The number of carbonyl (C=O) groups is 3. The molecule has 2 aliphatic heterocycles. The minimum atomic E-state index is -0.917. The molecule has 1 saturated heterocycles. The number of alkyl carbamates (subject to hydrolysis) is 1. The van der Waals surface area contributed by atoms with Crippen LogP contribution in [0.2, 0.25) is 0 Å². The summed E-state index contributed by atoms with van der Waals surface area (Å²) in [5.41, 5.74) is 1.25. The third-order valence-corrected chi connectivity index (χ3v) is 5.42. The molecule has 4 amide bonds. The van der Waals surface area contributed by atoms with Crippen LogP contribution in [-0.4, -0.2) is 57.3 Å². The number of aliphatic hydroxyl groups is 1. The van der Waals surface area contributed by atoms with E-state index in [4.69, 9.17) is 9.47 Å². The lowest BCUT2D eigenvalue weighted by molar-refractivity contribution is -0.386. The van der Waals surface area contributed by atoms with E-state index >= 15 is 0 Å². The first-order valence-electron chi connectivity index (χ1n) is 10.3. The monoisotopic (exact) mass is 461 g/mol. The molecule has 0 bridgehead atoms. The van der Waals surface area contributed by atoms with Gasteiger partial charge in [0.05, 0.1) is 35.1 Å². The van der Waals surface area contributed by atoms with Gasteiger partial charge in [-0.1, -0.05) is 13.0 Å². The summed E-state index contributed by atoms with van der Waals surface area (Å²) >= 11 is 0. The molecule has 1 unspecified atom stereocenters. The van der Waals surface area contributed by atoms with E-state index in [1.807, 2.05) is 6.92 Å². The predicted molar refractivity (Wildman–Crippen MR) is 113 cm³/mol. The number of amides is 4. The molecule has 3 N–H and O–H groups in total. The number of aryl methyl sites for hydroxylation is 1. The van der Waals surface area contributed by atoms with E-state index in [1.54, 1.807) is 12.1 Å². The Bertz CT molecular complexity index is 1060. The highest BCUT2D eigenvalue weighted by atomic mass is 16.6. The Balaban J connectivity index is 1.74. The number of nitro benzene ring substituents is 1. The van der Waals surface area contributed by atoms with Crippen LogP contribution in [0.15, 0.2) is 30.0 Å². The first-order chi connectivity index (χ1) is 15.6. The minimum Gasteiger partial charge on any atom is -0.457 e. The van der Waals surface area contributed by atoms with Crippen LogP contribution in [0.1, 0.15) is 44.4 Å². The van der Waals surface area contributed by atoms with Crippen molar-refractivity contribution in [3.63, 3.8) is 0 Å². The van der Waals surface area contributed by atoms with E-state index in [2.05, 4.69) is 10.6 Å². The Morgan fingerprint density at radius 1 is 1.45 bits per heavy atom. The van der Waals surface area contributed by atoms with Gasteiger partial charge in [-0.15, -0.1) is 4.58 Å². The third-order valence-electron chi connectivity index (χ3n) is 5.42. The van der Waals surface area contributed by atoms with Crippen molar-refractivity contribution in [3.8, 4) is 0 Å². The Morgan fingerprint density at radius 2 is 2.18 bits per heavy atom. The van der Waals surface area contributed by atoms with Crippen LogP contribution in [0.5, 0.6) is 0 Å². The van der Waals surface area contributed by atoms with E-state index in [-0.39, 0.29) is 29.1 Å². The Morgan fingerprint density at radius 3 is 2.82 bits per heavy atom. The summed E-state index contributed by atoms with van der Waals surface area (Å²) < 4.78 is 12.1. The average molecular weight is 461 g/mol. The number of hydrogen-bond donors (Lipinski definition) is 3. The summed E-state index contributed by atoms with van der Waals surface area (Å²) in [5, 5.41) is 25.8. The molecule has 1 aromatic rings. The van der Waals surface area contributed by atoms with Crippen molar-refractivity contribution in [1.29, 1.82) is 0 Å². The maximum Gasteiger partial charge on any atom is 0.506 e. The van der Waals surface area contributed by atoms with Gasteiger partial charge in [0, 0.05) is 6.07 Å². The van der Waals surface area contributed by atoms with Gasteiger partial charge in [0.1, 0.15) is 18.4 Å². The predicted octanol–water partition coefficient (Wildman–Crippen LogP) is 1.66. The Kier molecular flexibility index (Phi) is 7.07.